The number of nitrogens with zero attached hydrogens (tertiary/aromatic N) is 1. The summed E-state index contributed by atoms with van der Waals surface area (Å²) in [6.45, 7) is 3.00. The maximum atomic E-state index is 10.1. The van der Waals surface area contributed by atoms with Crippen LogP contribution in [0.4, 0.5) is 0 Å². The Morgan fingerprint density at radius 3 is 2.38 bits per heavy atom. The van der Waals surface area contributed by atoms with Crippen LogP contribution >= 0.6 is 27.2 Å². The van der Waals surface area contributed by atoms with Gasteiger partial charge < -0.3 is 14.7 Å². The van der Waals surface area contributed by atoms with Crippen molar-refractivity contribution in [3.8, 4) is 11.5 Å². The zero-order valence-electron chi connectivity index (χ0n) is 14.2. The van der Waals surface area contributed by atoms with Crippen molar-refractivity contribution in [3.63, 3.8) is 0 Å². The molecule has 0 heterocycles. The summed E-state index contributed by atoms with van der Waals surface area (Å²) in [5, 5.41) is 12.2. The summed E-state index contributed by atoms with van der Waals surface area (Å²) < 4.78 is 5.25. The zero-order valence-corrected chi connectivity index (χ0v) is 18.3. The SMILES string of the molecule is COc1ccc(O)c(Pc2ccc(C)cc2CN(C)C)c1.[Cl][Ti][Cl]. The Morgan fingerprint density at radius 1 is 1.12 bits per heavy atom. The van der Waals surface area contributed by atoms with Crippen LogP contribution in [0.5, 0.6) is 11.5 Å². The third kappa shape index (κ3) is 7.31. The Bertz CT molecular complexity index is 656. The first-order valence-corrected chi connectivity index (χ1v) is 12.6. The first-order valence-electron chi connectivity index (χ1n) is 7.25. The number of hydrogen-bond acceptors (Lipinski definition) is 3. The van der Waals surface area contributed by atoms with E-state index in [1.165, 1.54) is 16.4 Å². The average molecular weight is 422 g/mol. The number of aryl methyl sites for hydroxylation is 1. The summed E-state index contributed by atoms with van der Waals surface area (Å²) in [5.41, 5.74) is 2.57. The molecule has 0 fully saturated rings. The minimum absolute atomic E-state index is 0.325. The van der Waals surface area contributed by atoms with E-state index < -0.39 is 17.0 Å². The molecule has 0 radical (unpaired) electrons. The van der Waals surface area contributed by atoms with Gasteiger partial charge in [0.2, 0.25) is 0 Å². The van der Waals surface area contributed by atoms with Crippen molar-refractivity contribution in [1.29, 1.82) is 0 Å². The van der Waals surface area contributed by atoms with Gasteiger partial charge in [0.25, 0.3) is 0 Å². The van der Waals surface area contributed by atoms with Crippen molar-refractivity contribution in [2.75, 3.05) is 21.2 Å². The number of rotatable bonds is 5. The Morgan fingerprint density at radius 2 is 1.79 bits per heavy atom. The van der Waals surface area contributed by atoms with Crippen LogP contribution in [-0.2, 0) is 23.6 Å². The molecule has 0 aliphatic carbocycles. The Balaban J connectivity index is 0.000000891. The van der Waals surface area contributed by atoms with E-state index >= 15 is 0 Å². The normalized spacial score (nSPS) is 10.6. The van der Waals surface area contributed by atoms with E-state index in [1.807, 2.05) is 6.07 Å². The van der Waals surface area contributed by atoms with Crippen LogP contribution in [-0.4, -0.2) is 31.2 Å². The molecule has 3 nitrogen and oxygen atoms in total. The van der Waals surface area contributed by atoms with E-state index in [0.29, 0.717) is 14.3 Å². The van der Waals surface area contributed by atoms with Crippen molar-refractivity contribution in [2.24, 2.45) is 0 Å². The quantitative estimate of drug-likeness (QED) is 0.589. The number of phenolic OH excluding ortho intramolecular Hbond substituents is 1. The molecule has 2 aromatic carbocycles. The van der Waals surface area contributed by atoms with Gasteiger partial charge in [-0.1, -0.05) is 32.3 Å². The van der Waals surface area contributed by atoms with Crippen molar-refractivity contribution in [3.05, 3.63) is 47.5 Å². The number of aromatic hydroxyl groups is 1. The maximum absolute atomic E-state index is 10.1. The van der Waals surface area contributed by atoms with Gasteiger partial charge in [-0.25, -0.2) is 0 Å². The van der Waals surface area contributed by atoms with Crippen molar-refractivity contribution in [2.45, 2.75) is 13.5 Å². The van der Waals surface area contributed by atoms with Gasteiger partial charge in [-0.05, 0) is 50.1 Å². The van der Waals surface area contributed by atoms with Crippen molar-refractivity contribution >= 4 is 37.8 Å². The monoisotopic (exact) mass is 421 g/mol. The van der Waals surface area contributed by atoms with Crippen molar-refractivity contribution in [1.82, 2.24) is 4.90 Å². The predicted molar refractivity (Wildman–Crippen MR) is 103 cm³/mol. The summed E-state index contributed by atoms with van der Waals surface area (Å²) in [4.78, 5) is 2.16. The zero-order chi connectivity index (χ0) is 18.1. The molecule has 0 amide bonds. The molecular formula is C17H22Cl2NO2PTi. The number of phenols is 1. The summed E-state index contributed by atoms with van der Waals surface area (Å²) in [6.07, 6.45) is 0. The topological polar surface area (TPSA) is 32.7 Å². The molecule has 2 aromatic rings. The molecule has 1 N–H and O–H groups in total. The predicted octanol–water partition coefficient (Wildman–Crippen LogP) is 3.78. The molecule has 0 aromatic heterocycles. The van der Waals surface area contributed by atoms with Crippen LogP contribution in [0, 0.1) is 6.92 Å². The van der Waals surface area contributed by atoms with Gasteiger partial charge in [-0.2, -0.15) is 0 Å². The number of ether oxygens (including phenoxy) is 1. The Hall–Kier alpha value is -0.276. The Kier molecular flexibility index (Phi) is 10.3. The molecule has 7 heteroatoms. The fourth-order valence-electron chi connectivity index (χ4n) is 2.20. The van der Waals surface area contributed by atoms with E-state index in [9.17, 15) is 5.11 Å². The molecule has 2 rings (SSSR count). The fourth-order valence-corrected chi connectivity index (χ4v) is 3.40. The van der Waals surface area contributed by atoms with Gasteiger partial charge in [0.15, 0.2) is 0 Å². The fraction of sp³-hybridized carbons (Fsp3) is 0.294. The third-order valence-electron chi connectivity index (χ3n) is 3.22. The van der Waals surface area contributed by atoms with E-state index in [2.05, 4.69) is 44.1 Å². The molecule has 130 valence electrons. The van der Waals surface area contributed by atoms with E-state index in [0.717, 1.165) is 17.6 Å². The second-order valence-corrected chi connectivity index (χ2v) is 9.38. The van der Waals surface area contributed by atoms with E-state index in [1.54, 1.807) is 19.2 Å². The molecule has 0 aliphatic rings. The van der Waals surface area contributed by atoms with Crippen LogP contribution in [0.1, 0.15) is 11.1 Å². The first-order chi connectivity index (χ1) is 11.4. The third-order valence-corrected chi connectivity index (χ3v) is 4.65. The van der Waals surface area contributed by atoms with Gasteiger partial charge in [0.1, 0.15) is 11.5 Å². The molecule has 1 atom stereocenters. The van der Waals surface area contributed by atoms with Crippen molar-refractivity contribution < 1.29 is 26.9 Å². The van der Waals surface area contributed by atoms with Gasteiger partial charge in [0.05, 0.1) is 7.11 Å². The number of methoxy groups -OCH3 is 1. The first kappa shape index (κ1) is 21.8. The molecule has 0 saturated heterocycles. The molecule has 0 aliphatic heterocycles. The van der Waals surface area contributed by atoms with E-state index in [-0.39, 0.29) is 0 Å². The summed E-state index contributed by atoms with van der Waals surface area (Å²) in [6, 6.07) is 11.9. The number of halogens is 2. The van der Waals surface area contributed by atoms with Gasteiger partial charge in [-0.3, -0.25) is 0 Å². The average Bonchev–Trinajstić information content (AvgIpc) is 2.52. The molecule has 0 spiro atoms. The van der Waals surface area contributed by atoms with Gasteiger partial charge in [-0.15, -0.1) is 0 Å². The summed E-state index contributed by atoms with van der Waals surface area (Å²) >= 11 is -0.556. The standard InChI is InChI=1S/C17H22NO2P.2ClH.Ti/c1-12-5-8-16(13(9-12)11-18(2)3)21-17-10-14(20-4)6-7-15(17)19;;;/h5-10,19,21H,11H2,1-4H3;2*1H;/q;;;+2/p-2. The van der Waals surface area contributed by atoms with Gasteiger partial charge in [0, 0.05) is 11.8 Å². The number of benzene rings is 2. The second-order valence-electron chi connectivity index (χ2n) is 5.48. The van der Waals surface area contributed by atoms with E-state index in [4.69, 9.17) is 23.3 Å². The number of hydrogen-bond donors (Lipinski definition) is 1. The molecule has 0 saturated carbocycles. The summed E-state index contributed by atoms with van der Waals surface area (Å²) in [7, 11) is 16.0. The Labute approximate surface area is 162 Å². The summed E-state index contributed by atoms with van der Waals surface area (Å²) in [5.74, 6) is 1.10. The second kappa shape index (κ2) is 11.4. The van der Waals surface area contributed by atoms with Crippen LogP contribution in [0.3, 0.4) is 0 Å². The molecule has 24 heavy (non-hydrogen) atoms. The van der Waals surface area contributed by atoms with Crippen LogP contribution in [0.25, 0.3) is 0 Å². The van der Waals surface area contributed by atoms with Crippen LogP contribution in [0.2, 0.25) is 0 Å². The van der Waals surface area contributed by atoms with Crippen LogP contribution in [0.15, 0.2) is 36.4 Å². The van der Waals surface area contributed by atoms with Crippen LogP contribution < -0.4 is 15.3 Å². The molecular weight excluding hydrogens is 400 g/mol. The van der Waals surface area contributed by atoms with Gasteiger partial charge >= 0.3 is 35.6 Å². The minimum atomic E-state index is -0.556. The molecule has 0 bridgehead atoms. The molecule has 1 unspecified atom stereocenters.